The highest BCUT2D eigenvalue weighted by molar-refractivity contribution is 5.77. The van der Waals surface area contributed by atoms with E-state index in [4.69, 9.17) is 4.74 Å². The summed E-state index contributed by atoms with van der Waals surface area (Å²) in [6, 6.07) is 7.07. The maximum absolute atomic E-state index is 13.0. The molecule has 2 heterocycles. The number of piperidine rings is 1. The fourth-order valence-corrected chi connectivity index (χ4v) is 3.49. The molecule has 0 N–H and O–H groups in total. The first-order valence-electron chi connectivity index (χ1n) is 9.81. The van der Waals surface area contributed by atoms with Crippen LogP contribution < -0.4 is 10.4 Å². The number of amides is 1. The lowest BCUT2D eigenvalue weighted by atomic mass is 10.0. The van der Waals surface area contributed by atoms with Gasteiger partial charge in [0, 0.05) is 20.1 Å². The zero-order valence-corrected chi connectivity index (χ0v) is 17.1. The van der Waals surface area contributed by atoms with Crippen molar-refractivity contribution >= 4 is 5.91 Å². The van der Waals surface area contributed by atoms with Crippen LogP contribution in [0.15, 0.2) is 29.1 Å². The number of likely N-dealkylation sites (tertiary alicyclic amines) is 1. The molecule has 2 aromatic rings. The van der Waals surface area contributed by atoms with Gasteiger partial charge in [0.1, 0.15) is 5.75 Å². The van der Waals surface area contributed by atoms with E-state index in [2.05, 4.69) is 18.9 Å². The summed E-state index contributed by atoms with van der Waals surface area (Å²) in [7, 11) is 1.05. The number of nitrogens with zero attached hydrogens (tertiary/aromatic N) is 4. The van der Waals surface area contributed by atoms with E-state index in [9.17, 15) is 22.8 Å². The van der Waals surface area contributed by atoms with Gasteiger partial charge in [0.2, 0.25) is 5.82 Å². The van der Waals surface area contributed by atoms with Crippen LogP contribution in [0.2, 0.25) is 0 Å². The van der Waals surface area contributed by atoms with Gasteiger partial charge in [0.05, 0.1) is 6.04 Å². The Labute approximate surface area is 172 Å². The van der Waals surface area contributed by atoms with Crippen molar-refractivity contribution in [1.82, 2.24) is 19.2 Å². The van der Waals surface area contributed by atoms with Crippen LogP contribution in [0.3, 0.4) is 0 Å². The Hall–Kier alpha value is -2.78. The summed E-state index contributed by atoms with van der Waals surface area (Å²) >= 11 is 0. The van der Waals surface area contributed by atoms with Crippen LogP contribution >= 0.6 is 0 Å². The number of alkyl halides is 3. The molecule has 1 aromatic carbocycles. The Morgan fingerprint density at radius 3 is 2.30 bits per heavy atom. The van der Waals surface area contributed by atoms with E-state index in [1.165, 1.54) is 5.56 Å². The van der Waals surface area contributed by atoms with Crippen molar-refractivity contribution in [3.05, 3.63) is 46.1 Å². The Bertz CT molecular complexity index is 940. The molecule has 1 amide bonds. The molecule has 164 valence electrons. The second-order valence-corrected chi connectivity index (χ2v) is 7.73. The molecule has 0 saturated carbocycles. The van der Waals surface area contributed by atoms with Gasteiger partial charge in [-0.25, -0.2) is 9.48 Å². The van der Waals surface area contributed by atoms with Crippen molar-refractivity contribution < 1.29 is 22.7 Å². The van der Waals surface area contributed by atoms with Crippen molar-refractivity contribution in [1.29, 1.82) is 0 Å². The van der Waals surface area contributed by atoms with E-state index in [1.54, 1.807) is 4.90 Å². The first-order valence-corrected chi connectivity index (χ1v) is 9.81. The molecule has 0 atom stereocenters. The van der Waals surface area contributed by atoms with E-state index >= 15 is 0 Å². The van der Waals surface area contributed by atoms with Crippen LogP contribution in [0.5, 0.6) is 5.75 Å². The van der Waals surface area contributed by atoms with Crippen LogP contribution in [0.1, 0.15) is 50.0 Å². The minimum atomic E-state index is -4.69. The summed E-state index contributed by atoms with van der Waals surface area (Å²) in [5.41, 5.74) is 0.370. The molecule has 7 nitrogen and oxygen atoms in total. The van der Waals surface area contributed by atoms with Gasteiger partial charge in [-0.2, -0.15) is 13.2 Å². The van der Waals surface area contributed by atoms with Crippen LogP contribution in [-0.2, 0) is 18.0 Å². The Morgan fingerprint density at radius 2 is 1.80 bits per heavy atom. The molecule has 1 aliphatic heterocycles. The third-order valence-corrected chi connectivity index (χ3v) is 5.33. The predicted molar refractivity (Wildman–Crippen MR) is 103 cm³/mol. The van der Waals surface area contributed by atoms with Crippen molar-refractivity contribution in [2.24, 2.45) is 7.05 Å². The van der Waals surface area contributed by atoms with Crippen molar-refractivity contribution in [2.45, 2.75) is 44.8 Å². The summed E-state index contributed by atoms with van der Waals surface area (Å²) in [5.74, 6) is -0.420. The van der Waals surface area contributed by atoms with E-state index in [0.717, 1.165) is 11.7 Å². The topological polar surface area (TPSA) is 69.4 Å². The third-order valence-electron chi connectivity index (χ3n) is 5.33. The third kappa shape index (κ3) is 4.68. The Morgan fingerprint density at radius 1 is 1.20 bits per heavy atom. The number of carbonyl (C=O) groups is 1. The normalized spacial score (nSPS) is 15.6. The molecule has 0 radical (unpaired) electrons. The van der Waals surface area contributed by atoms with Crippen LogP contribution in [0.4, 0.5) is 13.2 Å². The first-order chi connectivity index (χ1) is 14.1. The van der Waals surface area contributed by atoms with Gasteiger partial charge in [0.25, 0.3) is 5.91 Å². The highest BCUT2D eigenvalue weighted by Gasteiger charge is 2.39. The van der Waals surface area contributed by atoms with Gasteiger partial charge in [0.15, 0.2) is 6.61 Å². The van der Waals surface area contributed by atoms with Crippen LogP contribution in [0.25, 0.3) is 0 Å². The molecule has 30 heavy (non-hydrogen) atoms. The molecule has 3 rings (SSSR count). The number of benzene rings is 1. The van der Waals surface area contributed by atoms with Gasteiger partial charge >= 0.3 is 11.9 Å². The standard InChI is InChI=1S/C20H25F3N4O3/c1-13(2)14-4-6-16(7-5-14)30-12-17(28)26-10-8-15(9-11-26)27-19(29)25(3)18(24-27)20(21,22)23/h4-7,13,15H,8-12H2,1-3H3. The summed E-state index contributed by atoms with van der Waals surface area (Å²) in [6.07, 6.45) is -3.99. The van der Waals surface area contributed by atoms with Gasteiger partial charge in [-0.15, -0.1) is 5.10 Å². The molecule has 0 aliphatic carbocycles. The summed E-state index contributed by atoms with van der Waals surface area (Å²) < 4.78 is 45.8. The molecular formula is C20H25F3N4O3. The average molecular weight is 426 g/mol. The van der Waals surface area contributed by atoms with E-state index in [-0.39, 0.29) is 12.5 Å². The van der Waals surface area contributed by atoms with E-state index in [1.807, 2.05) is 24.3 Å². The van der Waals surface area contributed by atoms with Crippen molar-refractivity contribution in [2.75, 3.05) is 19.7 Å². The molecule has 0 bridgehead atoms. The maximum atomic E-state index is 13.0. The first kappa shape index (κ1) is 21.9. The lowest BCUT2D eigenvalue weighted by Crippen LogP contribution is -2.43. The van der Waals surface area contributed by atoms with Crippen LogP contribution in [-0.4, -0.2) is 44.9 Å². The quantitative estimate of drug-likeness (QED) is 0.737. The predicted octanol–water partition coefficient (Wildman–Crippen LogP) is 2.97. The molecule has 1 aliphatic rings. The summed E-state index contributed by atoms with van der Waals surface area (Å²) in [4.78, 5) is 26.1. The number of carbonyl (C=O) groups excluding carboxylic acids is 1. The fourth-order valence-electron chi connectivity index (χ4n) is 3.49. The largest absolute Gasteiger partial charge is 0.484 e. The fraction of sp³-hybridized carbons (Fsp3) is 0.550. The number of hydrogen-bond donors (Lipinski definition) is 0. The van der Waals surface area contributed by atoms with Crippen molar-refractivity contribution in [3.8, 4) is 5.75 Å². The average Bonchev–Trinajstić information content (AvgIpc) is 3.01. The second kappa shape index (κ2) is 8.53. The molecular weight excluding hydrogens is 401 g/mol. The molecule has 0 spiro atoms. The maximum Gasteiger partial charge on any atom is 0.451 e. The second-order valence-electron chi connectivity index (χ2n) is 7.73. The number of halogens is 3. The Kier molecular flexibility index (Phi) is 6.23. The molecule has 0 unspecified atom stereocenters. The number of ether oxygens (including phenoxy) is 1. The van der Waals surface area contributed by atoms with Gasteiger partial charge in [-0.3, -0.25) is 9.36 Å². The number of aromatic nitrogens is 3. The van der Waals surface area contributed by atoms with Gasteiger partial charge in [-0.1, -0.05) is 26.0 Å². The summed E-state index contributed by atoms with van der Waals surface area (Å²) in [5, 5.41) is 3.48. The Balaban J connectivity index is 1.55. The number of rotatable bonds is 5. The lowest BCUT2D eigenvalue weighted by Gasteiger charge is -2.31. The molecule has 1 aromatic heterocycles. The molecule has 10 heteroatoms. The van der Waals surface area contributed by atoms with Crippen LogP contribution in [0, 0.1) is 0 Å². The lowest BCUT2D eigenvalue weighted by molar-refractivity contribution is -0.147. The minimum Gasteiger partial charge on any atom is -0.484 e. The summed E-state index contributed by atoms with van der Waals surface area (Å²) in [6.45, 7) is 4.71. The molecule has 1 saturated heterocycles. The van der Waals surface area contributed by atoms with E-state index in [0.29, 0.717) is 42.2 Å². The minimum absolute atomic E-state index is 0.118. The number of hydrogen-bond acceptors (Lipinski definition) is 4. The highest BCUT2D eigenvalue weighted by atomic mass is 19.4. The highest BCUT2D eigenvalue weighted by Crippen LogP contribution is 2.28. The molecule has 1 fully saturated rings. The SMILES string of the molecule is CC(C)c1ccc(OCC(=O)N2CCC(n3nc(C(F)(F)F)n(C)c3=O)CC2)cc1. The van der Waals surface area contributed by atoms with E-state index < -0.39 is 23.7 Å². The monoisotopic (exact) mass is 426 g/mol. The zero-order valence-electron chi connectivity index (χ0n) is 17.1. The van der Waals surface area contributed by atoms with Crippen molar-refractivity contribution in [3.63, 3.8) is 0 Å². The zero-order chi connectivity index (χ0) is 22.1. The van der Waals surface area contributed by atoms with Gasteiger partial charge in [-0.05, 0) is 36.5 Å². The smallest absolute Gasteiger partial charge is 0.451 e. The van der Waals surface area contributed by atoms with Gasteiger partial charge < -0.3 is 9.64 Å².